The van der Waals surface area contributed by atoms with Gasteiger partial charge in [0.05, 0.1) is 0 Å². The van der Waals surface area contributed by atoms with Crippen LogP contribution in [-0.4, -0.2) is 27.0 Å². The summed E-state index contributed by atoms with van der Waals surface area (Å²) in [6, 6.07) is 14.0. The van der Waals surface area contributed by atoms with Crippen molar-refractivity contribution in [1.82, 2.24) is 19.9 Å². The molecule has 2 N–H and O–H groups in total. The minimum absolute atomic E-state index is 0.175. The van der Waals surface area contributed by atoms with Crippen molar-refractivity contribution in [3.63, 3.8) is 0 Å². The molecule has 0 fully saturated rings. The first kappa shape index (κ1) is 20.7. The molecule has 2 heterocycles. The average Bonchev–Trinajstić information content (AvgIpc) is 3.37. The second-order valence-electron chi connectivity index (χ2n) is 7.16. The van der Waals surface area contributed by atoms with Gasteiger partial charge in [-0.1, -0.05) is 18.2 Å². The number of nitrogens with zero attached hydrogens (tertiary/aromatic N) is 2. The minimum Gasteiger partial charge on any atom is -0.356 e. The van der Waals surface area contributed by atoms with E-state index in [9.17, 15) is 18.0 Å². The number of carbonyl (C=O) groups excluding carboxylic acids is 1. The van der Waals surface area contributed by atoms with Crippen LogP contribution < -0.4 is 5.32 Å². The lowest BCUT2D eigenvalue weighted by Crippen LogP contribution is -2.26. The Labute approximate surface area is 176 Å². The maximum atomic E-state index is 13.3. The van der Waals surface area contributed by atoms with Crippen LogP contribution in [0, 0.1) is 5.82 Å². The highest BCUT2D eigenvalue weighted by molar-refractivity contribution is 5.91. The maximum Gasteiger partial charge on any atom is 0.319 e. The number of aromatic nitrogens is 3. The van der Waals surface area contributed by atoms with E-state index < -0.39 is 6.55 Å². The molecular formula is C23H21F3N4O. The molecule has 0 aliphatic rings. The zero-order chi connectivity index (χ0) is 21.8. The third-order valence-electron chi connectivity index (χ3n) is 5.18. The van der Waals surface area contributed by atoms with Gasteiger partial charge in [-0.2, -0.15) is 8.78 Å². The average molecular weight is 426 g/mol. The molecule has 2 aromatic carbocycles. The molecule has 0 aliphatic carbocycles. The number of para-hydroxylation sites is 1. The van der Waals surface area contributed by atoms with E-state index in [1.165, 1.54) is 24.5 Å². The molecule has 2 aromatic heterocycles. The molecule has 0 saturated heterocycles. The highest BCUT2D eigenvalue weighted by Crippen LogP contribution is 2.31. The number of carbonyl (C=O) groups is 1. The van der Waals surface area contributed by atoms with Gasteiger partial charge in [-0.3, -0.25) is 9.36 Å². The number of halogens is 3. The van der Waals surface area contributed by atoms with Crippen LogP contribution in [0.4, 0.5) is 13.2 Å². The molecule has 5 nitrogen and oxygen atoms in total. The number of hydrogen-bond acceptors (Lipinski definition) is 2. The molecule has 160 valence electrons. The highest BCUT2D eigenvalue weighted by atomic mass is 19.3. The van der Waals surface area contributed by atoms with Crippen LogP contribution in [0.15, 0.2) is 60.9 Å². The third kappa shape index (κ3) is 4.63. The largest absolute Gasteiger partial charge is 0.356 e. The van der Waals surface area contributed by atoms with E-state index in [1.54, 1.807) is 12.1 Å². The number of amides is 1. The standard InChI is InChI=1S/C23H21F3N4O/c24-16-7-5-15(6-8-16)22-18(17-3-1-2-4-19(17)29-22)9-10-21(31)28-12-11-20-27-13-14-30(20)23(25)26/h1-8,13-14,23,29H,9-12H2,(H,28,31). The predicted molar refractivity (Wildman–Crippen MR) is 112 cm³/mol. The van der Waals surface area contributed by atoms with Gasteiger partial charge in [-0.05, 0) is 47.9 Å². The van der Waals surface area contributed by atoms with Crippen LogP contribution in [-0.2, 0) is 17.6 Å². The number of rotatable bonds is 8. The molecule has 31 heavy (non-hydrogen) atoms. The van der Waals surface area contributed by atoms with Gasteiger partial charge >= 0.3 is 6.55 Å². The van der Waals surface area contributed by atoms with E-state index >= 15 is 0 Å². The predicted octanol–water partition coefficient (Wildman–Crippen LogP) is 4.86. The van der Waals surface area contributed by atoms with Crippen LogP contribution in [0.5, 0.6) is 0 Å². The number of H-pyrrole nitrogens is 1. The molecule has 0 aliphatic heterocycles. The number of aryl methyl sites for hydroxylation is 1. The molecule has 0 bridgehead atoms. The van der Waals surface area contributed by atoms with Crippen molar-refractivity contribution in [3.05, 3.63) is 78.1 Å². The molecule has 1 amide bonds. The Morgan fingerprint density at radius 2 is 1.87 bits per heavy atom. The van der Waals surface area contributed by atoms with Gasteiger partial charge in [-0.25, -0.2) is 9.37 Å². The Bertz CT molecular complexity index is 1180. The van der Waals surface area contributed by atoms with E-state index in [0.29, 0.717) is 6.42 Å². The Morgan fingerprint density at radius 1 is 1.10 bits per heavy atom. The van der Waals surface area contributed by atoms with Gasteiger partial charge in [0.25, 0.3) is 0 Å². The summed E-state index contributed by atoms with van der Waals surface area (Å²) in [5, 5.41) is 3.78. The molecule has 4 aromatic rings. The Hall–Kier alpha value is -3.55. The zero-order valence-electron chi connectivity index (χ0n) is 16.6. The van der Waals surface area contributed by atoms with E-state index in [2.05, 4.69) is 15.3 Å². The Balaban J connectivity index is 1.43. The van der Waals surface area contributed by atoms with Crippen molar-refractivity contribution >= 4 is 16.8 Å². The Kier molecular flexibility index (Phi) is 6.06. The van der Waals surface area contributed by atoms with Gasteiger partial charge in [-0.15, -0.1) is 0 Å². The second kappa shape index (κ2) is 9.07. The highest BCUT2D eigenvalue weighted by Gasteiger charge is 2.15. The van der Waals surface area contributed by atoms with Gasteiger partial charge in [0, 0.05) is 48.4 Å². The number of aromatic amines is 1. The van der Waals surface area contributed by atoms with Crippen molar-refractivity contribution in [1.29, 1.82) is 0 Å². The maximum absolute atomic E-state index is 13.3. The van der Waals surface area contributed by atoms with Crippen LogP contribution in [0.2, 0.25) is 0 Å². The summed E-state index contributed by atoms with van der Waals surface area (Å²) in [4.78, 5) is 19.6. The van der Waals surface area contributed by atoms with E-state index in [0.717, 1.165) is 32.3 Å². The van der Waals surface area contributed by atoms with E-state index in [-0.39, 0.29) is 36.9 Å². The smallest absolute Gasteiger partial charge is 0.319 e. The SMILES string of the molecule is O=C(CCc1c(-c2ccc(F)cc2)[nH]c2ccccc12)NCCc1nccn1C(F)F. The summed E-state index contributed by atoms with van der Waals surface area (Å²) < 4.78 is 39.9. The molecule has 0 atom stereocenters. The summed E-state index contributed by atoms with van der Waals surface area (Å²) >= 11 is 0. The summed E-state index contributed by atoms with van der Waals surface area (Å²) in [6.07, 6.45) is 3.47. The van der Waals surface area contributed by atoms with Gasteiger partial charge in [0.1, 0.15) is 11.6 Å². The fourth-order valence-corrected chi connectivity index (χ4v) is 3.68. The molecule has 0 unspecified atom stereocenters. The van der Waals surface area contributed by atoms with Crippen molar-refractivity contribution in [2.45, 2.75) is 25.8 Å². The number of alkyl halides is 2. The fourth-order valence-electron chi connectivity index (χ4n) is 3.68. The quantitative estimate of drug-likeness (QED) is 0.423. The van der Waals surface area contributed by atoms with Crippen LogP contribution in [0.25, 0.3) is 22.2 Å². The normalized spacial score (nSPS) is 11.4. The van der Waals surface area contributed by atoms with Crippen molar-refractivity contribution in [3.8, 4) is 11.3 Å². The lowest BCUT2D eigenvalue weighted by Gasteiger charge is -2.08. The summed E-state index contributed by atoms with van der Waals surface area (Å²) in [5.74, 6) is -0.260. The van der Waals surface area contributed by atoms with Gasteiger partial charge in [0.2, 0.25) is 5.91 Å². The molecule has 0 radical (unpaired) electrons. The summed E-state index contributed by atoms with van der Waals surface area (Å²) in [5.41, 5.74) is 3.61. The van der Waals surface area contributed by atoms with Crippen LogP contribution in [0.1, 0.15) is 24.4 Å². The molecule has 8 heteroatoms. The zero-order valence-corrected chi connectivity index (χ0v) is 16.6. The lowest BCUT2D eigenvalue weighted by atomic mass is 10.0. The number of nitrogens with one attached hydrogen (secondary N) is 2. The van der Waals surface area contributed by atoms with Crippen LogP contribution >= 0.6 is 0 Å². The van der Waals surface area contributed by atoms with Crippen LogP contribution in [0.3, 0.4) is 0 Å². The first-order chi connectivity index (χ1) is 15.0. The number of hydrogen-bond donors (Lipinski definition) is 2. The monoisotopic (exact) mass is 426 g/mol. The molecule has 0 spiro atoms. The summed E-state index contributed by atoms with van der Waals surface area (Å²) in [6.45, 7) is -2.43. The lowest BCUT2D eigenvalue weighted by molar-refractivity contribution is -0.121. The molecular weight excluding hydrogens is 405 g/mol. The molecule has 0 saturated carbocycles. The topological polar surface area (TPSA) is 62.7 Å². The number of fused-ring (bicyclic) bond motifs is 1. The first-order valence-corrected chi connectivity index (χ1v) is 9.95. The first-order valence-electron chi connectivity index (χ1n) is 9.95. The van der Waals surface area contributed by atoms with Crippen molar-refractivity contribution < 1.29 is 18.0 Å². The minimum atomic E-state index is -2.65. The van der Waals surface area contributed by atoms with Crippen molar-refractivity contribution in [2.75, 3.05) is 6.54 Å². The summed E-state index contributed by atoms with van der Waals surface area (Å²) in [7, 11) is 0. The van der Waals surface area contributed by atoms with E-state index in [1.807, 2.05) is 24.3 Å². The number of benzene rings is 2. The number of imidazole rings is 1. The molecule has 4 rings (SSSR count). The third-order valence-corrected chi connectivity index (χ3v) is 5.18. The van der Waals surface area contributed by atoms with Gasteiger partial charge in [0.15, 0.2) is 0 Å². The van der Waals surface area contributed by atoms with Gasteiger partial charge < -0.3 is 10.3 Å². The Morgan fingerprint density at radius 3 is 2.65 bits per heavy atom. The fraction of sp³-hybridized carbons (Fsp3) is 0.217. The second-order valence-corrected chi connectivity index (χ2v) is 7.16. The van der Waals surface area contributed by atoms with E-state index in [4.69, 9.17) is 0 Å². The van der Waals surface area contributed by atoms with Crippen molar-refractivity contribution in [2.24, 2.45) is 0 Å².